The van der Waals surface area contributed by atoms with Crippen LogP contribution in [-0.4, -0.2) is 4.98 Å². The summed E-state index contributed by atoms with van der Waals surface area (Å²) < 4.78 is 0. The van der Waals surface area contributed by atoms with Crippen LogP contribution >= 0.6 is 0 Å². The molecule has 1 nitrogen and oxygen atoms in total. The molecule has 0 spiro atoms. The Kier molecular flexibility index (Phi) is 3.76. The fourth-order valence-corrected chi connectivity index (χ4v) is 4.46. The molecule has 24 heavy (non-hydrogen) atoms. The average Bonchev–Trinajstić information content (AvgIpc) is 2.62. The number of fused-ring (bicyclic) bond motifs is 5. The summed E-state index contributed by atoms with van der Waals surface area (Å²) in [5.41, 5.74) is 4.37. The SMILES string of the molecule is CC1(C)c2c[c-]c3c(ccc4cccnc43)c2C(C)(C)C1(C)C.[Ir]. The molecule has 3 aromatic rings. The Labute approximate surface area is 158 Å². The van der Waals surface area contributed by atoms with Crippen LogP contribution in [-0.2, 0) is 30.9 Å². The van der Waals surface area contributed by atoms with Gasteiger partial charge in [-0.15, -0.1) is 34.0 Å². The predicted molar refractivity (Wildman–Crippen MR) is 97.9 cm³/mol. The fraction of sp³-hybridized carbons (Fsp3) is 0.409. The van der Waals surface area contributed by atoms with E-state index < -0.39 is 0 Å². The van der Waals surface area contributed by atoms with Crippen LogP contribution in [0.2, 0.25) is 0 Å². The topological polar surface area (TPSA) is 12.9 Å². The van der Waals surface area contributed by atoms with E-state index in [4.69, 9.17) is 0 Å². The molecule has 0 fully saturated rings. The number of benzene rings is 2. The monoisotopic (exact) mass is 495 g/mol. The quantitative estimate of drug-likeness (QED) is 0.285. The van der Waals surface area contributed by atoms with Gasteiger partial charge in [0.2, 0.25) is 0 Å². The smallest absolute Gasteiger partial charge is 0.0161 e. The minimum atomic E-state index is 0. The summed E-state index contributed by atoms with van der Waals surface area (Å²) in [6.45, 7) is 14.3. The van der Waals surface area contributed by atoms with Crippen molar-refractivity contribution >= 4 is 21.7 Å². The van der Waals surface area contributed by atoms with Crippen molar-refractivity contribution in [2.75, 3.05) is 0 Å². The van der Waals surface area contributed by atoms with Crippen LogP contribution in [0.25, 0.3) is 21.7 Å². The van der Waals surface area contributed by atoms with Crippen LogP contribution in [0.1, 0.15) is 52.7 Å². The van der Waals surface area contributed by atoms with Crippen LogP contribution < -0.4 is 0 Å². The van der Waals surface area contributed by atoms with Gasteiger partial charge in [0, 0.05) is 26.3 Å². The van der Waals surface area contributed by atoms with Crippen LogP contribution in [0, 0.1) is 11.5 Å². The average molecular weight is 495 g/mol. The van der Waals surface area contributed by atoms with Crippen molar-refractivity contribution in [3.05, 3.63) is 53.7 Å². The van der Waals surface area contributed by atoms with Gasteiger partial charge in [-0.1, -0.05) is 59.7 Å². The summed E-state index contributed by atoms with van der Waals surface area (Å²) in [6.07, 6.45) is 1.88. The third-order valence-corrected chi connectivity index (χ3v) is 7.10. The van der Waals surface area contributed by atoms with Crippen molar-refractivity contribution in [2.24, 2.45) is 5.41 Å². The molecule has 0 atom stereocenters. The number of rotatable bonds is 0. The Morgan fingerprint density at radius 1 is 0.917 bits per heavy atom. The summed E-state index contributed by atoms with van der Waals surface area (Å²) >= 11 is 0. The second-order valence-electron chi connectivity index (χ2n) is 8.52. The van der Waals surface area contributed by atoms with E-state index in [2.05, 4.69) is 76.9 Å². The molecule has 2 heteroatoms. The molecule has 0 aliphatic heterocycles. The van der Waals surface area contributed by atoms with Crippen LogP contribution in [0.4, 0.5) is 0 Å². The molecular weight excluding hydrogens is 470 g/mol. The molecule has 0 unspecified atom stereocenters. The van der Waals surface area contributed by atoms with Gasteiger partial charge in [-0.25, -0.2) is 0 Å². The first-order valence-corrected chi connectivity index (χ1v) is 8.43. The van der Waals surface area contributed by atoms with Gasteiger partial charge >= 0.3 is 0 Å². The Hall–Kier alpha value is -1.24. The van der Waals surface area contributed by atoms with Crippen molar-refractivity contribution in [3.63, 3.8) is 0 Å². The van der Waals surface area contributed by atoms with Crippen molar-refractivity contribution in [3.8, 4) is 0 Å². The molecule has 0 N–H and O–H groups in total. The fourth-order valence-electron chi connectivity index (χ4n) is 4.46. The van der Waals surface area contributed by atoms with Gasteiger partial charge in [-0.2, -0.15) is 0 Å². The Balaban J connectivity index is 0.00000169. The van der Waals surface area contributed by atoms with Gasteiger partial charge in [-0.3, -0.25) is 0 Å². The van der Waals surface area contributed by atoms with Crippen molar-refractivity contribution in [2.45, 2.75) is 52.4 Å². The van der Waals surface area contributed by atoms with Gasteiger partial charge in [0.25, 0.3) is 0 Å². The van der Waals surface area contributed by atoms with Crippen LogP contribution in [0.3, 0.4) is 0 Å². The van der Waals surface area contributed by atoms with E-state index in [-0.39, 0.29) is 36.4 Å². The maximum absolute atomic E-state index is 4.62. The molecule has 1 heterocycles. The van der Waals surface area contributed by atoms with Crippen LogP contribution in [0.15, 0.2) is 36.5 Å². The first-order chi connectivity index (χ1) is 10.7. The molecule has 127 valence electrons. The second-order valence-corrected chi connectivity index (χ2v) is 8.52. The van der Waals surface area contributed by atoms with E-state index in [1.807, 2.05) is 12.3 Å². The number of hydrogen-bond donors (Lipinski definition) is 0. The summed E-state index contributed by atoms with van der Waals surface area (Å²) in [6, 6.07) is 14.4. The zero-order chi connectivity index (χ0) is 16.6. The summed E-state index contributed by atoms with van der Waals surface area (Å²) in [4.78, 5) is 4.62. The summed E-state index contributed by atoms with van der Waals surface area (Å²) in [5.74, 6) is 0. The molecule has 4 rings (SSSR count). The Morgan fingerprint density at radius 3 is 2.33 bits per heavy atom. The van der Waals surface area contributed by atoms with Crippen molar-refractivity contribution < 1.29 is 20.1 Å². The standard InChI is InChI=1S/C22H24N.Ir/c1-20(2)17-12-11-16-15(18(17)21(3,4)22(20,5)6)10-9-14-8-7-13-23-19(14)16;/h7-10,12-13H,1-6H3;/q-1;. The van der Waals surface area contributed by atoms with Gasteiger partial charge in [0.05, 0.1) is 0 Å². The number of pyridine rings is 1. The van der Waals surface area contributed by atoms with Gasteiger partial charge in [0.15, 0.2) is 0 Å². The Bertz CT molecular complexity index is 951. The van der Waals surface area contributed by atoms with Crippen LogP contribution in [0.5, 0.6) is 0 Å². The third-order valence-electron chi connectivity index (χ3n) is 7.10. The maximum Gasteiger partial charge on any atom is 0.0161 e. The number of hydrogen-bond acceptors (Lipinski definition) is 1. The minimum Gasteiger partial charge on any atom is -0.304 e. The predicted octanol–water partition coefficient (Wildman–Crippen LogP) is 5.78. The Morgan fingerprint density at radius 2 is 1.62 bits per heavy atom. The van der Waals surface area contributed by atoms with E-state index in [1.54, 1.807) is 0 Å². The van der Waals surface area contributed by atoms with Gasteiger partial charge in [0.1, 0.15) is 0 Å². The zero-order valence-electron chi connectivity index (χ0n) is 15.2. The van der Waals surface area contributed by atoms with E-state index in [1.165, 1.54) is 21.9 Å². The number of nitrogens with zero attached hydrogens (tertiary/aromatic N) is 1. The first kappa shape index (κ1) is 17.6. The van der Waals surface area contributed by atoms with Crippen molar-refractivity contribution in [1.29, 1.82) is 0 Å². The molecule has 1 aliphatic carbocycles. The van der Waals surface area contributed by atoms with E-state index >= 15 is 0 Å². The molecule has 1 aromatic heterocycles. The van der Waals surface area contributed by atoms with Gasteiger partial charge in [-0.05, 0) is 33.2 Å². The minimum absolute atomic E-state index is 0. The number of aromatic nitrogens is 1. The normalized spacial score (nSPS) is 19.9. The molecular formula is C22H24IrN-. The molecule has 1 aliphatic rings. The van der Waals surface area contributed by atoms with Crippen molar-refractivity contribution in [1.82, 2.24) is 4.98 Å². The maximum atomic E-state index is 4.62. The van der Waals surface area contributed by atoms with E-state index in [0.29, 0.717) is 0 Å². The van der Waals surface area contributed by atoms with E-state index in [9.17, 15) is 0 Å². The second kappa shape index (κ2) is 5.13. The molecule has 0 bridgehead atoms. The first-order valence-electron chi connectivity index (χ1n) is 8.43. The third kappa shape index (κ3) is 1.87. The molecule has 0 saturated heterocycles. The molecule has 2 aromatic carbocycles. The summed E-state index contributed by atoms with van der Waals surface area (Å²) in [7, 11) is 0. The molecule has 0 amide bonds. The summed E-state index contributed by atoms with van der Waals surface area (Å²) in [5, 5.41) is 3.66. The largest absolute Gasteiger partial charge is 0.304 e. The zero-order valence-corrected chi connectivity index (χ0v) is 17.6. The molecule has 0 saturated carbocycles. The molecule has 1 radical (unpaired) electrons. The van der Waals surface area contributed by atoms with Gasteiger partial charge < -0.3 is 4.98 Å². The van der Waals surface area contributed by atoms with E-state index in [0.717, 1.165) is 10.9 Å².